The van der Waals surface area contributed by atoms with Crippen molar-refractivity contribution in [3.63, 3.8) is 0 Å². The summed E-state index contributed by atoms with van der Waals surface area (Å²) in [6.45, 7) is 3.86. The molecule has 0 aromatic carbocycles. The second-order valence-corrected chi connectivity index (χ2v) is 7.56. The van der Waals surface area contributed by atoms with Crippen LogP contribution in [0.25, 0.3) is 0 Å². The van der Waals surface area contributed by atoms with Crippen molar-refractivity contribution in [2.24, 2.45) is 0 Å². The lowest BCUT2D eigenvalue weighted by atomic mass is 10.2. The third kappa shape index (κ3) is 3.70. The van der Waals surface area contributed by atoms with E-state index in [0.29, 0.717) is 6.42 Å². The molecule has 20 heavy (non-hydrogen) atoms. The predicted octanol–water partition coefficient (Wildman–Crippen LogP) is 1.20. The lowest BCUT2D eigenvalue weighted by molar-refractivity contribution is 0.600. The maximum atomic E-state index is 11.6. The van der Waals surface area contributed by atoms with Crippen LogP contribution < -0.4 is 10.2 Å². The molecule has 1 atom stereocenters. The molecule has 6 heteroatoms. The van der Waals surface area contributed by atoms with Gasteiger partial charge in [-0.05, 0) is 25.5 Å². The van der Waals surface area contributed by atoms with E-state index in [1.807, 2.05) is 24.1 Å². The fourth-order valence-electron chi connectivity index (χ4n) is 2.54. The van der Waals surface area contributed by atoms with Gasteiger partial charge < -0.3 is 10.2 Å². The Labute approximate surface area is 121 Å². The molecule has 1 unspecified atom stereocenters. The molecule has 112 valence electrons. The summed E-state index contributed by atoms with van der Waals surface area (Å²) in [6.07, 6.45) is 3.54. The largest absolute Gasteiger partial charge is 0.355 e. The maximum absolute atomic E-state index is 11.6. The minimum absolute atomic E-state index is 0.0415. The molecule has 0 amide bonds. The number of hydrogen-bond donors (Lipinski definition) is 1. The Bertz CT molecular complexity index is 545. The average Bonchev–Trinajstić information content (AvgIpc) is 2.79. The molecule has 2 heterocycles. The quantitative estimate of drug-likeness (QED) is 0.800. The summed E-state index contributed by atoms with van der Waals surface area (Å²) in [5.74, 6) is 1.42. The van der Waals surface area contributed by atoms with Crippen LogP contribution in [0.4, 0.5) is 5.82 Å². The molecule has 0 saturated carbocycles. The molecule has 5 nitrogen and oxygen atoms in total. The molecule has 0 bridgehead atoms. The highest BCUT2D eigenvalue weighted by atomic mass is 32.2. The molecular weight excluding hydrogens is 274 g/mol. The van der Waals surface area contributed by atoms with Gasteiger partial charge in [-0.25, -0.2) is 13.4 Å². The zero-order valence-corrected chi connectivity index (χ0v) is 13.0. The second kappa shape index (κ2) is 6.54. The van der Waals surface area contributed by atoms with Gasteiger partial charge in [0.1, 0.15) is 5.82 Å². The molecule has 1 aromatic rings. The van der Waals surface area contributed by atoms with Gasteiger partial charge in [0.15, 0.2) is 9.84 Å². The van der Waals surface area contributed by atoms with E-state index >= 15 is 0 Å². The fourth-order valence-corrected chi connectivity index (χ4v) is 4.31. The van der Waals surface area contributed by atoms with Gasteiger partial charge in [0.2, 0.25) is 0 Å². The van der Waals surface area contributed by atoms with E-state index < -0.39 is 9.84 Å². The Kier molecular flexibility index (Phi) is 4.99. The third-order valence-corrected chi connectivity index (χ3v) is 5.45. The van der Waals surface area contributed by atoms with E-state index in [2.05, 4.69) is 17.2 Å². The molecule has 2 rings (SSSR count). The van der Waals surface area contributed by atoms with Crippen LogP contribution in [0.15, 0.2) is 18.3 Å². The number of aromatic nitrogens is 1. The lowest BCUT2D eigenvalue weighted by Crippen LogP contribution is -2.34. The smallest absolute Gasteiger partial charge is 0.152 e. The minimum atomic E-state index is -2.87. The molecule has 1 aliphatic rings. The molecule has 1 fully saturated rings. The monoisotopic (exact) mass is 297 g/mol. The maximum Gasteiger partial charge on any atom is 0.152 e. The van der Waals surface area contributed by atoms with E-state index in [9.17, 15) is 8.42 Å². The van der Waals surface area contributed by atoms with Gasteiger partial charge >= 0.3 is 0 Å². The van der Waals surface area contributed by atoms with Crippen molar-refractivity contribution in [3.8, 4) is 0 Å². The molecule has 0 aliphatic carbocycles. The van der Waals surface area contributed by atoms with Crippen molar-refractivity contribution in [2.75, 3.05) is 30.0 Å². The van der Waals surface area contributed by atoms with Crippen molar-refractivity contribution in [3.05, 3.63) is 23.9 Å². The van der Waals surface area contributed by atoms with Crippen LogP contribution in [0.2, 0.25) is 0 Å². The molecule has 0 spiro atoms. The first-order valence-corrected chi connectivity index (χ1v) is 8.93. The van der Waals surface area contributed by atoms with Crippen molar-refractivity contribution < 1.29 is 8.42 Å². The Hall–Kier alpha value is -1.14. The van der Waals surface area contributed by atoms with E-state index in [0.717, 1.165) is 30.9 Å². The SMILES string of the molecule is CCCNCc1cccnc1N(C)C1CCS(=O)(=O)C1. The number of anilines is 1. The van der Waals surface area contributed by atoms with Crippen molar-refractivity contribution in [1.82, 2.24) is 10.3 Å². The molecular formula is C14H23N3O2S. The topological polar surface area (TPSA) is 62.3 Å². The summed E-state index contributed by atoms with van der Waals surface area (Å²) in [4.78, 5) is 6.46. The van der Waals surface area contributed by atoms with E-state index in [1.165, 1.54) is 0 Å². The highest BCUT2D eigenvalue weighted by Crippen LogP contribution is 2.24. The van der Waals surface area contributed by atoms with Gasteiger partial charge in [-0.3, -0.25) is 0 Å². The van der Waals surface area contributed by atoms with Crippen LogP contribution in [-0.2, 0) is 16.4 Å². The van der Waals surface area contributed by atoms with Crippen LogP contribution in [0.5, 0.6) is 0 Å². The summed E-state index contributed by atoms with van der Waals surface area (Å²) in [7, 11) is -0.926. The molecule has 1 aliphatic heterocycles. The van der Waals surface area contributed by atoms with Crippen LogP contribution in [-0.4, -0.2) is 44.5 Å². The second-order valence-electron chi connectivity index (χ2n) is 5.33. The number of sulfone groups is 1. The predicted molar refractivity (Wildman–Crippen MR) is 81.7 cm³/mol. The van der Waals surface area contributed by atoms with Crippen molar-refractivity contribution in [2.45, 2.75) is 32.4 Å². The Balaban J connectivity index is 2.11. The summed E-state index contributed by atoms with van der Waals surface area (Å²) in [6, 6.07) is 4.01. The number of rotatable bonds is 6. The van der Waals surface area contributed by atoms with E-state index in [1.54, 1.807) is 6.20 Å². The standard InChI is InChI=1S/C14H23N3O2S/c1-3-7-15-10-12-5-4-8-16-14(12)17(2)13-6-9-20(18,19)11-13/h4-5,8,13,15H,3,6-7,9-11H2,1-2H3. The van der Waals surface area contributed by atoms with E-state index in [4.69, 9.17) is 0 Å². The van der Waals surface area contributed by atoms with E-state index in [-0.39, 0.29) is 17.5 Å². The first-order chi connectivity index (χ1) is 9.53. The zero-order chi connectivity index (χ0) is 14.6. The molecule has 1 N–H and O–H groups in total. The highest BCUT2D eigenvalue weighted by Gasteiger charge is 2.31. The van der Waals surface area contributed by atoms with Gasteiger partial charge in [0.05, 0.1) is 11.5 Å². The summed E-state index contributed by atoms with van der Waals surface area (Å²) < 4.78 is 23.2. The number of nitrogens with one attached hydrogen (secondary N) is 1. The van der Waals surface area contributed by atoms with Gasteiger partial charge in [0.25, 0.3) is 0 Å². The number of hydrogen-bond acceptors (Lipinski definition) is 5. The van der Waals surface area contributed by atoms with Crippen LogP contribution in [0.3, 0.4) is 0 Å². The Morgan fingerprint density at radius 3 is 2.95 bits per heavy atom. The average molecular weight is 297 g/mol. The van der Waals surface area contributed by atoms with Crippen molar-refractivity contribution in [1.29, 1.82) is 0 Å². The number of nitrogens with zero attached hydrogens (tertiary/aromatic N) is 2. The van der Waals surface area contributed by atoms with Crippen molar-refractivity contribution >= 4 is 15.7 Å². The summed E-state index contributed by atoms with van der Waals surface area (Å²) in [5.41, 5.74) is 1.12. The molecule has 1 aromatic heterocycles. The summed E-state index contributed by atoms with van der Waals surface area (Å²) >= 11 is 0. The molecule has 1 saturated heterocycles. The fraction of sp³-hybridized carbons (Fsp3) is 0.643. The van der Waals surface area contributed by atoms with Gasteiger partial charge in [-0.1, -0.05) is 13.0 Å². The lowest BCUT2D eigenvalue weighted by Gasteiger charge is -2.26. The van der Waals surface area contributed by atoms with Gasteiger partial charge in [-0.2, -0.15) is 0 Å². The third-order valence-electron chi connectivity index (χ3n) is 3.70. The first-order valence-electron chi connectivity index (χ1n) is 7.11. The van der Waals surface area contributed by atoms with Gasteiger partial charge in [0, 0.05) is 31.4 Å². The van der Waals surface area contributed by atoms with Crippen LogP contribution >= 0.6 is 0 Å². The Morgan fingerprint density at radius 1 is 1.50 bits per heavy atom. The zero-order valence-electron chi connectivity index (χ0n) is 12.2. The number of pyridine rings is 1. The van der Waals surface area contributed by atoms with Crippen LogP contribution in [0, 0.1) is 0 Å². The van der Waals surface area contributed by atoms with Crippen LogP contribution in [0.1, 0.15) is 25.3 Å². The summed E-state index contributed by atoms with van der Waals surface area (Å²) in [5, 5.41) is 3.37. The molecule has 0 radical (unpaired) electrons. The minimum Gasteiger partial charge on any atom is -0.355 e. The highest BCUT2D eigenvalue weighted by molar-refractivity contribution is 7.91. The normalized spacial score (nSPS) is 21.0. The first kappa shape index (κ1) is 15.3. The van der Waals surface area contributed by atoms with Gasteiger partial charge in [-0.15, -0.1) is 0 Å². The Morgan fingerprint density at radius 2 is 2.30 bits per heavy atom.